The largest absolute Gasteiger partial charge is 0.383 e. The summed E-state index contributed by atoms with van der Waals surface area (Å²) in [6.45, 7) is 10.7. The number of amides is 4. The van der Waals surface area contributed by atoms with Crippen molar-refractivity contribution in [1.82, 2.24) is 20.6 Å². The molecule has 0 aliphatic heterocycles. The van der Waals surface area contributed by atoms with Crippen LogP contribution in [0.5, 0.6) is 0 Å². The Bertz CT molecular complexity index is 700. The number of aliphatic hydroxyl groups is 1. The Kier molecular flexibility index (Phi) is 8.46. The van der Waals surface area contributed by atoms with Crippen LogP contribution in [0.2, 0.25) is 0 Å². The molecule has 0 unspecified atom stereocenters. The topological polar surface area (TPSA) is 145 Å². The Morgan fingerprint density at radius 2 is 1.79 bits per heavy atom. The number of hydrogen-bond donors (Lipinski definition) is 4. The molecule has 0 saturated carbocycles. The predicted octanol–water partition coefficient (Wildman–Crippen LogP) is 1.92. The fourth-order valence-corrected chi connectivity index (χ4v) is 2.84. The number of imide groups is 1. The molecule has 4 N–H and O–H groups in total. The average molecular weight is 416 g/mol. The summed E-state index contributed by atoms with van der Waals surface area (Å²) in [6.07, 6.45) is -0.846. The minimum atomic E-state index is -1.51. The minimum Gasteiger partial charge on any atom is -0.383 e. The lowest BCUT2D eigenvalue weighted by molar-refractivity contribution is -0.163. The quantitative estimate of drug-likeness (QED) is 0.393. The zero-order valence-electron chi connectivity index (χ0n) is 17.0. The summed E-state index contributed by atoms with van der Waals surface area (Å²) in [5, 5.41) is 33.0. The van der Waals surface area contributed by atoms with E-state index in [1.54, 1.807) is 27.7 Å². The molecule has 0 radical (unpaired) electrons. The van der Waals surface area contributed by atoms with E-state index in [1.807, 2.05) is 13.8 Å². The predicted molar refractivity (Wildman–Crippen MR) is 104 cm³/mol. The van der Waals surface area contributed by atoms with Crippen LogP contribution in [0.1, 0.15) is 52.5 Å². The van der Waals surface area contributed by atoms with Gasteiger partial charge in [-0.3, -0.25) is 20.1 Å². The van der Waals surface area contributed by atoms with Crippen LogP contribution in [0.25, 0.3) is 0 Å². The molecule has 0 aromatic carbocycles. The summed E-state index contributed by atoms with van der Waals surface area (Å²) < 4.78 is 0. The first-order valence-corrected chi connectivity index (χ1v) is 9.77. The van der Waals surface area contributed by atoms with Gasteiger partial charge in [-0.2, -0.15) is 0 Å². The van der Waals surface area contributed by atoms with E-state index in [4.69, 9.17) is 0 Å². The van der Waals surface area contributed by atoms with Gasteiger partial charge in [-0.1, -0.05) is 46.0 Å². The van der Waals surface area contributed by atoms with Gasteiger partial charge >= 0.3 is 6.03 Å². The van der Waals surface area contributed by atoms with E-state index in [0.29, 0.717) is 11.4 Å². The molecule has 1 heterocycles. The van der Waals surface area contributed by atoms with Crippen LogP contribution in [-0.2, 0) is 9.59 Å². The van der Waals surface area contributed by atoms with Crippen molar-refractivity contribution in [2.24, 2.45) is 11.3 Å². The standard InChI is InChI=1S/C17H29N5O5S/c1-9(2)7-8-11(23)14(25)22(27)16(26)18-12(17(4,5)6)13(24)19-15-21-20-10(3)28-15/h9,11-12,23,27H,7-8H2,1-6H3,(H,18,26)(H,19,21,24)/t11-,12+/m0/s1. The molecule has 0 fully saturated rings. The van der Waals surface area contributed by atoms with Crippen LogP contribution in [-0.4, -0.2) is 55.6 Å². The van der Waals surface area contributed by atoms with Gasteiger partial charge in [0.15, 0.2) is 0 Å². The third-order valence-corrected chi connectivity index (χ3v) is 4.61. The summed E-state index contributed by atoms with van der Waals surface area (Å²) in [5.74, 6) is -1.47. The van der Waals surface area contributed by atoms with Crippen molar-refractivity contribution in [2.75, 3.05) is 5.32 Å². The first kappa shape index (κ1) is 23.9. The molecule has 28 heavy (non-hydrogen) atoms. The van der Waals surface area contributed by atoms with Gasteiger partial charge in [0.05, 0.1) is 0 Å². The molecule has 1 aromatic rings. The molecule has 0 saturated heterocycles. The van der Waals surface area contributed by atoms with Gasteiger partial charge in [-0.25, -0.2) is 4.79 Å². The number of nitrogens with one attached hydrogen (secondary N) is 2. The van der Waals surface area contributed by atoms with E-state index >= 15 is 0 Å². The van der Waals surface area contributed by atoms with Gasteiger partial charge in [0.25, 0.3) is 5.91 Å². The van der Waals surface area contributed by atoms with Gasteiger partial charge in [0.2, 0.25) is 11.0 Å². The third-order valence-electron chi connectivity index (χ3n) is 3.86. The number of hydroxylamine groups is 2. The van der Waals surface area contributed by atoms with Crippen molar-refractivity contribution in [3.63, 3.8) is 0 Å². The lowest BCUT2D eigenvalue weighted by Gasteiger charge is -2.31. The minimum absolute atomic E-state index is 0.112. The van der Waals surface area contributed by atoms with E-state index in [2.05, 4.69) is 20.8 Å². The number of aryl methyl sites for hydroxylation is 1. The highest BCUT2D eigenvalue weighted by molar-refractivity contribution is 7.15. The Labute approximate surface area is 168 Å². The maximum absolute atomic E-state index is 12.6. The first-order chi connectivity index (χ1) is 12.8. The lowest BCUT2D eigenvalue weighted by Crippen LogP contribution is -2.56. The fourth-order valence-electron chi connectivity index (χ4n) is 2.24. The number of carbonyl (C=O) groups is 3. The third kappa shape index (κ3) is 7.13. The van der Waals surface area contributed by atoms with E-state index in [1.165, 1.54) is 11.3 Å². The fraction of sp³-hybridized carbons (Fsp3) is 0.706. The molecule has 158 valence electrons. The second-order valence-electron chi connectivity index (χ2n) is 8.00. The highest BCUT2D eigenvalue weighted by Crippen LogP contribution is 2.22. The van der Waals surface area contributed by atoms with Gasteiger partial charge in [0.1, 0.15) is 17.2 Å². The molecule has 2 atom stereocenters. The molecule has 10 nitrogen and oxygen atoms in total. The SMILES string of the molecule is Cc1nnc(NC(=O)[C@@H](NC(=O)N(O)C(=O)[C@@H](O)CCC(C)C)C(C)(C)C)s1. The van der Waals surface area contributed by atoms with Crippen molar-refractivity contribution in [3.8, 4) is 0 Å². The van der Waals surface area contributed by atoms with Crippen LogP contribution in [0.15, 0.2) is 0 Å². The number of nitrogens with zero attached hydrogens (tertiary/aromatic N) is 3. The Hall–Kier alpha value is -2.11. The maximum Gasteiger partial charge on any atom is 0.349 e. The molecule has 4 amide bonds. The van der Waals surface area contributed by atoms with E-state index in [0.717, 1.165) is 0 Å². The molecule has 0 spiro atoms. The highest BCUT2D eigenvalue weighted by Gasteiger charge is 2.36. The smallest absolute Gasteiger partial charge is 0.349 e. The number of anilines is 1. The van der Waals surface area contributed by atoms with Gasteiger partial charge in [-0.15, -0.1) is 15.3 Å². The number of aromatic nitrogens is 2. The summed E-state index contributed by atoms with van der Waals surface area (Å²) in [7, 11) is 0. The van der Waals surface area contributed by atoms with Crippen molar-refractivity contribution in [3.05, 3.63) is 5.01 Å². The number of urea groups is 1. The van der Waals surface area contributed by atoms with Gasteiger partial charge in [-0.05, 0) is 31.1 Å². The number of carbonyl (C=O) groups excluding carboxylic acids is 3. The lowest BCUT2D eigenvalue weighted by atomic mass is 9.86. The zero-order chi connectivity index (χ0) is 21.6. The molecule has 0 bridgehead atoms. The zero-order valence-corrected chi connectivity index (χ0v) is 17.8. The van der Waals surface area contributed by atoms with Crippen molar-refractivity contribution < 1.29 is 24.7 Å². The monoisotopic (exact) mass is 415 g/mol. The van der Waals surface area contributed by atoms with Crippen molar-refractivity contribution in [1.29, 1.82) is 0 Å². The molecule has 1 aromatic heterocycles. The number of hydrogen-bond acceptors (Lipinski definition) is 8. The van der Waals surface area contributed by atoms with E-state index < -0.39 is 35.4 Å². The van der Waals surface area contributed by atoms with Crippen molar-refractivity contribution in [2.45, 2.75) is 66.5 Å². The summed E-state index contributed by atoms with van der Waals surface area (Å²) in [5.41, 5.74) is -0.736. The molecule has 11 heteroatoms. The molecule has 0 aliphatic carbocycles. The van der Waals surface area contributed by atoms with Crippen LogP contribution in [0.3, 0.4) is 0 Å². The van der Waals surface area contributed by atoms with Gasteiger partial charge in [0, 0.05) is 0 Å². The van der Waals surface area contributed by atoms with Crippen LogP contribution < -0.4 is 10.6 Å². The summed E-state index contributed by atoms with van der Waals surface area (Å²) >= 11 is 1.17. The summed E-state index contributed by atoms with van der Waals surface area (Å²) in [6, 6.07) is -2.28. The van der Waals surface area contributed by atoms with E-state index in [9.17, 15) is 24.7 Å². The average Bonchev–Trinajstić information content (AvgIpc) is 2.99. The van der Waals surface area contributed by atoms with Crippen LogP contribution in [0, 0.1) is 18.3 Å². The molecular formula is C17H29N5O5S. The maximum atomic E-state index is 12.6. The summed E-state index contributed by atoms with van der Waals surface area (Å²) in [4.78, 5) is 36.9. The normalized spacial score (nSPS) is 13.8. The van der Waals surface area contributed by atoms with E-state index in [-0.39, 0.29) is 22.5 Å². The number of aliphatic hydroxyl groups excluding tert-OH is 1. The molecule has 1 rings (SSSR count). The molecular weight excluding hydrogens is 386 g/mol. The highest BCUT2D eigenvalue weighted by atomic mass is 32.1. The Morgan fingerprint density at radius 1 is 1.18 bits per heavy atom. The van der Waals surface area contributed by atoms with Crippen LogP contribution >= 0.6 is 11.3 Å². The Morgan fingerprint density at radius 3 is 2.25 bits per heavy atom. The van der Waals surface area contributed by atoms with Gasteiger partial charge < -0.3 is 10.4 Å². The van der Waals surface area contributed by atoms with Crippen molar-refractivity contribution >= 4 is 34.3 Å². The second-order valence-corrected chi connectivity index (χ2v) is 9.18. The van der Waals surface area contributed by atoms with Crippen LogP contribution in [0.4, 0.5) is 9.93 Å². The first-order valence-electron chi connectivity index (χ1n) is 8.95. The Balaban J connectivity index is 2.80. The second kappa shape index (κ2) is 9.89. The molecule has 0 aliphatic rings. The number of rotatable bonds is 7.